The number of aromatic nitrogens is 3. The van der Waals surface area contributed by atoms with Crippen LogP contribution in [0.2, 0.25) is 0 Å². The number of amides is 1. The molecule has 6 nitrogen and oxygen atoms in total. The Kier molecular flexibility index (Phi) is 5.44. The first kappa shape index (κ1) is 20.1. The van der Waals surface area contributed by atoms with Gasteiger partial charge in [0.15, 0.2) is 5.82 Å². The van der Waals surface area contributed by atoms with Crippen LogP contribution >= 0.6 is 15.9 Å². The van der Waals surface area contributed by atoms with Gasteiger partial charge in [0, 0.05) is 41.2 Å². The molecule has 3 atom stereocenters. The number of carbonyl (C=O) groups is 1. The van der Waals surface area contributed by atoms with E-state index in [0.717, 1.165) is 40.8 Å². The van der Waals surface area contributed by atoms with E-state index in [1.54, 1.807) is 24.7 Å². The molecular weight excluding hydrogens is 454 g/mol. The number of hydrogen-bond donors (Lipinski definition) is 1. The van der Waals surface area contributed by atoms with Crippen LogP contribution in [0.3, 0.4) is 0 Å². The van der Waals surface area contributed by atoms with E-state index < -0.39 is 0 Å². The van der Waals surface area contributed by atoms with Gasteiger partial charge in [-0.2, -0.15) is 0 Å². The number of halogens is 1. The lowest BCUT2D eigenvalue weighted by molar-refractivity contribution is 0.0282. The summed E-state index contributed by atoms with van der Waals surface area (Å²) in [5.41, 5.74) is 2.52. The largest absolute Gasteiger partial charge is 0.365 e. The number of nitrogens with zero attached hydrogens (tertiary/aromatic N) is 4. The number of anilines is 1. The number of aryl methyl sites for hydroxylation is 1. The molecule has 3 aromatic rings. The van der Waals surface area contributed by atoms with Crippen LogP contribution < -0.4 is 5.32 Å². The van der Waals surface area contributed by atoms with Crippen molar-refractivity contribution < 1.29 is 4.79 Å². The van der Waals surface area contributed by atoms with Crippen molar-refractivity contribution in [3.05, 3.63) is 70.6 Å². The fraction of sp³-hybridized carbons (Fsp3) is 0.333. The van der Waals surface area contributed by atoms with Gasteiger partial charge in [0.2, 0.25) is 0 Å². The van der Waals surface area contributed by atoms with Gasteiger partial charge in [-0.05, 0) is 72.3 Å². The van der Waals surface area contributed by atoms with Crippen molar-refractivity contribution in [2.24, 2.45) is 5.92 Å². The number of fused-ring (bicyclic) bond motifs is 3. The molecule has 7 heteroatoms. The van der Waals surface area contributed by atoms with Crippen LogP contribution in [0.4, 0.5) is 5.82 Å². The summed E-state index contributed by atoms with van der Waals surface area (Å²) in [7, 11) is 0. The van der Waals surface area contributed by atoms with E-state index in [1.807, 2.05) is 37.3 Å². The zero-order chi connectivity index (χ0) is 21.4. The summed E-state index contributed by atoms with van der Waals surface area (Å²) in [6, 6.07) is 12.0. The Bertz CT molecular complexity index is 1090. The molecule has 1 amide bonds. The van der Waals surface area contributed by atoms with Gasteiger partial charge in [-0.3, -0.25) is 4.79 Å². The Morgan fingerprint density at radius 2 is 1.97 bits per heavy atom. The van der Waals surface area contributed by atoms with E-state index in [1.165, 1.54) is 6.42 Å². The summed E-state index contributed by atoms with van der Waals surface area (Å²) in [6.07, 6.45) is 8.46. The molecule has 1 aromatic carbocycles. The van der Waals surface area contributed by atoms with Crippen LogP contribution in [-0.4, -0.2) is 44.4 Å². The molecule has 1 aliphatic carbocycles. The first-order chi connectivity index (χ1) is 15.1. The van der Waals surface area contributed by atoms with Gasteiger partial charge >= 0.3 is 0 Å². The van der Waals surface area contributed by atoms with Gasteiger partial charge in [0.1, 0.15) is 5.82 Å². The Balaban J connectivity index is 1.44. The lowest BCUT2D eigenvalue weighted by Crippen LogP contribution is -2.59. The lowest BCUT2D eigenvalue weighted by Gasteiger charge is -2.50. The minimum absolute atomic E-state index is 0.0659. The van der Waals surface area contributed by atoms with Crippen LogP contribution in [0.1, 0.15) is 35.2 Å². The maximum absolute atomic E-state index is 13.8. The second-order valence-electron chi connectivity index (χ2n) is 8.44. The van der Waals surface area contributed by atoms with E-state index in [0.29, 0.717) is 17.3 Å². The normalized spacial score (nSPS) is 22.4. The molecule has 4 heterocycles. The highest BCUT2D eigenvalue weighted by molar-refractivity contribution is 9.10. The van der Waals surface area contributed by atoms with E-state index in [2.05, 4.69) is 41.1 Å². The number of carbonyl (C=O) groups excluding carboxylic acids is 1. The standard InChI is InChI=1S/C24H24BrN5O/c1-15-3-6-18(23-26-9-2-10-27-23)19(11-15)24(31)30-14-16-4-7-21(30)20(12-16)29-22-8-5-17(25)13-28-22/h2-3,5-6,8-11,13,16,20-21H,4,7,12,14H2,1H3,(H,28,29). The molecule has 2 saturated heterocycles. The van der Waals surface area contributed by atoms with E-state index >= 15 is 0 Å². The summed E-state index contributed by atoms with van der Waals surface area (Å²) in [5, 5.41) is 3.58. The van der Waals surface area contributed by atoms with Crippen LogP contribution in [0, 0.1) is 12.8 Å². The predicted octanol–water partition coefficient (Wildman–Crippen LogP) is 4.71. The molecule has 3 aliphatic rings. The fourth-order valence-corrected chi connectivity index (χ4v) is 5.09. The summed E-state index contributed by atoms with van der Waals surface area (Å²) in [6.45, 7) is 2.82. The smallest absolute Gasteiger partial charge is 0.254 e. The van der Waals surface area contributed by atoms with Crippen LogP contribution in [0.5, 0.6) is 0 Å². The topological polar surface area (TPSA) is 71.0 Å². The zero-order valence-electron chi connectivity index (χ0n) is 17.3. The molecule has 3 fully saturated rings. The average molecular weight is 478 g/mol. The molecule has 158 valence electrons. The van der Waals surface area contributed by atoms with Crippen molar-refractivity contribution in [2.75, 3.05) is 11.9 Å². The molecule has 0 radical (unpaired) electrons. The lowest BCUT2D eigenvalue weighted by atomic mass is 9.76. The van der Waals surface area contributed by atoms with Crippen LogP contribution in [0.25, 0.3) is 11.4 Å². The maximum Gasteiger partial charge on any atom is 0.254 e. The van der Waals surface area contributed by atoms with Crippen molar-refractivity contribution in [1.29, 1.82) is 0 Å². The minimum Gasteiger partial charge on any atom is -0.365 e. The fourth-order valence-electron chi connectivity index (χ4n) is 4.86. The highest BCUT2D eigenvalue weighted by Gasteiger charge is 2.43. The summed E-state index contributed by atoms with van der Waals surface area (Å²) in [5.74, 6) is 2.00. The van der Waals surface area contributed by atoms with Gasteiger partial charge in [-0.25, -0.2) is 15.0 Å². The van der Waals surface area contributed by atoms with Gasteiger partial charge in [0.05, 0.1) is 11.6 Å². The van der Waals surface area contributed by atoms with Gasteiger partial charge in [0.25, 0.3) is 5.91 Å². The number of piperidine rings is 2. The average Bonchev–Trinajstić information content (AvgIpc) is 2.81. The molecule has 0 spiro atoms. The number of hydrogen-bond acceptors (Lipinski definition) is 5. The van der Waals surface area contributed by atoms with Crippen LogP contribution in [0.15, 0.2) is 59.5 Å². The predicted molar refractivity (Wildman–Crippen MR) is 124 cm³/mol. The first-order valence-electron chi connectivity index (χ1n) is 10.7. The zero-order valence-corrected chi connectivity index (χ0v) is 18.9. The monoisotopic (exact) mass is 477 g/mol. The SMILES string of the molecule is Cc1ccc(-c2ncccn2)c(C(=O)N2CC3CCC2C(Nc2ccc(Br)cn2)C3)c1. The van der Waals surface area contributed by atoms with E-state index in [-0.39, 0.29) is 18.0 Å². The minimum atomic E-state index is 0.0659. The van der Waals surface area contributed by atoms with Crippen LogP contribution in [-0.2, 0) is 0 Å². The summed E-state index contributed by atoms with van der Waals surface area (Å²) >= 11 is 3.44. The molecule has 1 saturated carbocycles. The summed E-state index contributed by atoms with van der Waals surface area (Å²) < 4.78 is 0.954. The Morgan fingerprint density at radius 3 is 2.71 bits per heavy atom. The highest BCUT2D eigenvalue weighted by Crippen LogP contribution is 2.38. The number of benzene rings is 1. The third-order valence-electron chi connectivity index (χ3n) is 6.31. The molecule has 3 unspecified atom stereocenters. The Labute approximate surface area is 190 Å². The maximum atomic E-state index is 13.8. The number of nitrogens with one attached hydrogen (secondary N) is 1. The number of rotatable bonds is 4. The van der Waals surface area contributed by atoms with Crippen molar-refractivity contribution in [2.45, 2.75) is 38.3 Å². The second kappa shape index (κ2) is 8.38. The highest BCUT2D eigenvalue weighted by atomic mass is 79.9. The third kappa shape index (κ3) is 4.06. The van der Waals surface area contributed by atoms with Crippen molar-refractivity contribution >= 4 is 27.7 Å². The number of pyridine rings is 1. The van der Waals surface area contributed by atoms with Gasteiger partial charge in [-0.15, -0.1) is 0 Å². The molecule has 31 heavy (non-hydrogen) atoms. The van der Waals surface area contributed by atoms with Gasteiger partial charge < -0.3 is 10.2 Å². The Morgan fingerprint density at radius 1 is 1.13 bits per heavy atom. The van der Waals surface area contributed by atoms with Crippen molar-refractivity contribution in [3.63, 3.8) is 0 Å². The Hall–Kier alpha value is -2.80. The molecular formula is C24H24BrN5O. The summed E-state index contributed by atoms with van der Waals surface area (Å²) in [4.78, 5) is 29.1. The van der Waals surface area contributed by atoms with Crippen molar-refractivity contribution in [1.82, 2.24) is 19.9 Å². The molecule has 6 rings (SSSR count). The molecule has 2 bridgehead atoms. The second-order valence-corrected chi connectivity index (χ2v) is 9.35. The van der Waals surface area contributed by atoms with E-state index in [4.69, 9.17) is 0 Å². The third-order valence-corrected chi connectivity index (χ3v) is 6.78. The molecule has 2 aliphatic heterocycles. The molecule has 1 N–H and O–H groups in total. The molecule has 2 aromatic heterocycles. The van der Waals surface area contributed by atoms with Crippen molar-refractivity contribution in [3.8, 4) is 11.4 Å². The first-order valence-corrected chi connectivity index (χ1v) is 11.4. The van der Waals surface area contributed by atoms with Gasteiger partial charge in [-0.1, -0.05) is 17.7 Å². The van der Waals surface area contributed by atoms with E-state index in [9.17, 15) is 4.79 Å². The quantitative estimate of drug-likeness (QED) is 0.588.